The average molecular weight is 331 g/mol. The van der Waals surface area contributed by atoms with Crippen molar-refractivity contribution in [3.63, 3.8) is 0 Å². The molecule has 2 bridgehead atoms. The van der Waals surface area contributed by atoms with Crippen molar-refractivity contribution >= 4 is 17.3 Å². The summed E-state index contributed by atoms with van der Waals surface area (Å²) in [4.78, 5) is 14.7. The zero-order valence-electron chi connectivity index (χ0n) is 14.1. The first-order chi connectivity index (χ1) is 11.7. The second kappa shape index (κ2) is 6.71. The van der Waals surface area contributed by atoms with E-state index in [-0.39, 0.29) is 11.7 Å². The van der Waals surface area contributed by atoms with Crippen molar-refractivity contribution in [3.05, 3.63) is 24.0 Å². The van der Waals surface area contributed by atoms with Crippen molar-refractivity contribution in [1.82, 2.24) is 5.32 Å². The van der Waals surface area contributed by atoms with Gasteiger partial charge in [-0.25, -0.2) is 4.39 Å². The van der Waals surface area contributed by atoms with E-state index in [1.807, 2.05) is 6.07 Å². The minimum atomic E-state index is -0.335. The molecular formula is C19H26FN3O. The first kappa shape index (κ1) is 15.9. The van der Waals surface area contributed by atoms with E-state index in [1.165, 1.54) is 18.9 Å². The van der Waals surface area contributed by atoms with E-state index in [4.69, 9.17) is 0 Å². The number of para-hydroxylation sites is 1. The molecule has 3 heterocycles. The Labute approximate surface area is 142 Å². The van der Waals surface area contributed by atoms with Gasteiger partial charge in [0.15, 0.2) is 0 Å². The van der Waals surface area contributed by atoms with Gasteiger partial charge in [0.05, 0.1) is 5.69 Å². The van der Waals surface area contributed by atoms with Crippen LogP contribution >= 0.6 is 0 Å². The van der Waals surface area contributed by atoms with Crippen LogP contribution < -0.4 is 15.5 Å². The van der Waals surface area contributed by atoms with Gasteiger partial charge >= 0.3 is 0 Å². The Kier molecular flexibility index (Phi) is 4.44. The molecule has 1 aromatic carbocycles. The predicted molar refractivity (Wildman–Crippen MR) is 93.8 cm³/mol. The lowest BCUT2D eigenvalue weighted by Crippen LogP contribution is -2.39. The molecule has 2 N–H and O–H groups in total. The van der Waals surface area contributed by atoms with E-state index in [1.54, 1.807) is 6.07 Å². The maximum absolute atomic E-state index is 14.3. The lowest BCUT2D eigenvalue weighted by Gasteiger charge is -2.29. The number of nitrogens with zero attached hydrogens (tertiary/aromatic N) is 1. The predicted octanol–water partition coefficient (Wildman–Crippen LogP) is 3.29. The molecule has 3 saturated heterocycles. The summed E-state index contributed by atoms with van der Waals surface area (Å²) in [6, 6.07) is 6.23. The van der Waals surface area contributed by atoms with E-state index >= 15 is 0 Å². The minimum Gasteiger partial charge on any atom is -0.370 e. The Morgan fingerprint density at radius 1 is 1.21 bits per heavy atom. The first-order valence-electron chi connectivity index (χ1n) is 9.28. The molecule has 130 valence electrons. The number of rotatable bonds is 4. The fraction of sp³-hybridized carbons (Fsp3) is 0.632. The summed E-state index contributed by atoms with van der Waals surface area (Å²) < 4.78 is 14.3. The van der Waals surface area contributed by atoms with Gasteiger partial charge in [0.25, 0.3) is 0 Å². The number of hydrogen-bond donors (Lipinski definition) is 2. The number of anilines is 2. The maximum atomic E-state index is 14.3. The summed E-state index contributed by atoms with van der Waals surface area (Å²) in [6.45, 7) is 1.87. The van der Waals surface area contributed by atoms with Gasteiger partial charge in [-0.1, -0.05) is 6.07 Å². The molecular weight excluding hydrogens is 305 g/mol. The minimum absolute atomic E-state index is 0.0492. The second-order valence-electron chi connectivity index (χ2n) is 7.56. The van der Waals surface area contributed by atoms with Gasteiger partial charge in [0, 0.05) is 31.6 Å². The molecule has 4 rings (SSSR count). The van der Waals surface area contributed by atoms with Crippen LogP contribution in [-0.2, 0) is 4.79 Å². The van der Waals surface area contributed by atoms with Gasteiger partial charge in [-0.05, 0) is 56.6 Å². The van der Waals surface area contributed by atoms with E-state index < -0.39 is 0 Å². The molecule has 3 aliphatic heterocycles. The molecule has 0 aromatic heterocycles. The van der Waals surface area contributed by atoms with Gasteiger partial charge in [0.2, 0.25) is 5.91 Å². The third-order valence-corrected chi connectivity index (χ3v) is 5.75. The zero-order valence-corrected chi connectivity index (χ0v) is 14.1. The number of carbonyl (C=O) groups excluding carboxylic acids is 1. The average Bonchev–Trinajstić information content (AvgIpc) is 3.19. The van der Waals surface area contributed by atoms with E-state index in [0.717, 1.165) is 44.5 Å². The molecule has 0 spiro atoms. The number of fused-ring (bicyclic) bond motifs is 2. The molecule has 5 heteroatoms. The fourth-order valence-corrected chi connectivity index (χ4v) is 4.65. The Balaban J connectivity index is 1.43. The molecule has 0 aliphatic carbocycles. The Morgan fingerprint density at radius 2 is 1.92 bits per heavy atom. The van der Waals surface area contributed by atoms with Gasteiger partial charge in [0.1, 0.15) is 11.5 Å². The van der Waals surface area contributed by atoms with Crippen LogP contribution in [0.1, 0.15) is 44.9 Å². The van der Waals surface area contributed by atoms with Crippen LogP contribution in [0.15, 0.2) is 18.2 Å². The molecule has 4 nitrogen and oxygen atoms in total. The van der Waals surface area contributed by atoms with Crippen molar-refractivity contribution in [2.45, 2.75) is 57.0 Å². The largest absolute Gasteiger partial charge is 0.370 e. The topological polar surface area (TPSA) is 44.4 Å². The normalized spacial score (nSPS) is 29.0. The van der Waals surface area contributed by atoms with Crippen LogP contribution in [0.25, 0.3) is 0 Å². The van der Waals surface area contributed by atoms with Crippen LogP contribution in [0.3, 0.4) is 0 Å². The summed E-state index contributed by atoms with van der Waals surface area (Å²) in [6.07, 6.45) is 7.36. The van der Waals surface area contributed by atoms with E-state index in [9.17, 15) is 9.18 Å². The van der Waals surface area contributed by atoms with Gasteiger partial charge in [-0.2, -0.15) is 0 Å². The van der Waals surface area contributed by atoms with Crippen molar-refractivity contribution in [1.29, 1.82) is 0 Å². The molecule has 0 radical (unpaired) electrons. The molecule has 24 heavy (non-hydrogen) atoms. The molecule has 3 fully saturated rings. The smallest absolute Gasteiger partial charge is 0.224 e. The fourth-order valence-electron chi connectivity index (χ4n) is 4.65. The number of carbonyl (C=O) groups is 1. The highest BCUT2D eigenvalue weighted by Crippen LogP contribution is 2.34. The SMILES string of the molecule is O=C(CC1CC2CCC(C1)N2)Nc1c(F)cccc1N1CCCC1. The van der Waals surface area contributed by atoms with Crippen molar-refractivity contribution < 1.29 is 9.18 Å². The van der Waals surface area contributed by atoms with E-state index in [0.29, 0.717) is 30.1 Å². The monoisotopic (exact) mass is 331 g/mol. The number of piperidine rings is 1. The summed E-state index contributed by atoms with van der Waals surface area (Å²) in [7, 11) is 0. The molecule has 1 aromatic rings. The second-order valence-corrected chi connectivity index (χ2v) is 7.56. The van der Waals surface area contributed by atoms with Gasteiger partial charge in [-0.15, -0.1) is 0 Å². The van der Waals surface area contributed by atoms with Crippen LogP contribution in [0.2, 0.25) is 0 Å². The van der Waals surface area contributed by atoms with Crippen LogP contribution in [0, 0.1) is 11.7 Å². The Morgan fingerprint density at radius 3 is 2.62 bits per heavy atom. The molecule has 0 saturated carbocycles. The van der Waals surface area contributed by atoms with Crippen LogP contribution in [0.4, 0.5) is 15.8 Å². The number of halogens is 1. The van der Waals surface area contributed by atoms with E-state index in [2.05, 4.69) is 15.5 Å². The Bertz CT molecular complexity index is 603. The highest BCUT2D eigenvalue weighted by molar-refractivity contribution is 5.94. The number of hydrogen-bond acceptors (Lipinski definition) is 3. The Hall–Kier alpha value is -1.62. The number of nitrogens with one attached hydrogen (secondary N) is 2. The molecule has 3 aliphatic rings. The van der Waals surface area contributed by atoms with Gasteiger partial charge < -0.3 is 15.5 Å². The number of benzene rings is 1. The summed E-state index contributed by atoms with van der Waals surface area (Å²) in [5.41, 5.74) is 1.19. The van der Waals surface area contributed by atoms with Crippen LogP contribution in [0.5, 0.6) is 0 Å². The van der Waals surface area contributed by atoms with Crippen molar-refractivity contribution in [2.75, 3.05) is 23.3 Å². The number of amides is 1. The quantitative estimate of drug-likeness (QED) is 0.890. The standard InChI is InChI=1S/C19H26FN3O/c20-16-4-3-5-17(23-8-1-2-9-23)19(16)22-18(24)12-13-10-14-6-7-15(11-13)21-14/h3-5,13-15,21H,1-2,6-12H2,(H,22,24). The third-order valence-electron chi connectivity index (χ3n) is 5.75. The third kappa shape index (κ3) is 3.27. The lowest BCUT2D eigenvalue weighted by molar-refractivity contribution is -0.117. The molecule has 1 amide bonds. The highest BCUT2D eigenvalue weighted by atomic mass is 19.1. The lowest BCUT2D eigenvalue weighted by atomic mass is 9.89. The van der Waals surface area contributed by atoms with Gasteiger partial charge in [-0.3, -0.25) is 4.79 Å². The summed E-state index contributed by atoms with van der Waals surface area (Å²) >= 11 is 0. The van der Waals surface area contributed by atoms with Crippen molar-refractivity contribution in [3.8, 4) is 0 Å². The first-order valence-corrected chi connectivity index (χ1v) is 9.28. The zero-order chi connectivity index (χ0) is 16.5. The maximum Gasteiger partial charge on any atom is 0.224 e. The summed E-state index contributed by atoms with van der Waals surface area (Å²) in [5.74, 6) is 0.0377. The summed E-state index contributed by atoms with van der Waals surface area (Å²) in [5, 5.41) is 6.48. The highest BCUT2D eigenvalue weighted by Gasteiger charge is 2.34. The molecule has 2 atom stereocenters. The van der Waals surface area contributed by atoms with Crippen molar-refractivity contribution in [2.24, 2.45) is 5.92 Å². The molecule has 2 unspecified atom stereocenters. The van der Waals surface area contributed by atoms with Crippen LogP contribution in [-0.4, -0.2) is 31.1 Å².